The van der Waals surface area contributed by atoms with Crippen LogP contribution in [0.25, 0.3) is 0 Å². The van der Waals surface area contributed by atoms with Crippen LogP contribution in [0.2, 0.25) is 10.0 Å². The molecule has 1 heterocycles. The highest BCUT2D eigenvalue weighted by molar-refractivity contribution is 7.11. The van der Waals surface area contributed by atoms with Crippen molar-refractivity contribution in [2.45, 2.75) is 13.3 Å². The van der Waals surface area contributed by atoms with Gasteiger partial charge in [-0.25, -0.2) is 4.79 Å². The van der Waals surface area contributed by atoms with Gasteiger partial charge in [0.1, 0.15) is 10.6 Å². The summed E-state index contributed by atoms with van der Waals surface area (Å²) in [5.74, 6) is -1.49. The standard InChI is InChI=1S/C13H10Cl2N2O3S/c1-6-11(13(19)20)12(21-17-6)16-10(18)4-7-2-3-8(14)5-9(7)15/h2-3,5H,4H2,1H3,(H,16,18)(H,19,20). The summed E-state index contributed by atoms with van der Waals surface area (Å²) in [6.45, 7) is 1.58. The number of carboxylic acid groups (broad SMARTS) is 1. The first kappa shape index (κ1) is 15.8. The van der Waals surface area contributed by atoms with Crippen molar-refractivity contribution in [3.05, 3.63) is 45.1 Å². The highest BCUT2D eigenvalue weighted by Crippen LogP contribution is 2.25. The number of halogens is 2. The number of nitrogens with one attached hydrogen (secondary N) is 1. The van der Waals surface area contributed by atoms with Crippen LogP contribution in [-0.2, 0) is 11.2 Å². The minimum absolute atomic E-state index is 0.00977. The average Bonchev–Trinajstić information content (AvgIpc) is 2.74. The minimum Gasteiger partial charge on any atom is -0.478 e. The molecule has 0 unspecified atom stereocenters. The molecule has 2 aromatic rings. The summed E-state index contributed by atoms with van der Waals surface area (Å²) in [6, 6.07) is 4.83. The van der Waals surface area contributed by atoms with E-state index in [0.717, 1.165) is 11.5 Å². The topological polar surface area (TPSA) is 79.3 Å². The second kappa shape index (κ2) is 6.43. The monoisotopic (exact) mass is 344 g/mol. The number of carboxylic acids is 1. The molecule has 0 saturated heterocycles. The van der Waals surface area contributed by atoms with Gasteiger partial charge in [0.05, 0.1) is 12.1 Å². The van der Waals surface area contributed by atoms with E-state index in [1.807, 2.05) is 0 Å². The maximum atomic E-state index is 12.0. The first-order valence-electron chi connectivity index (χ1n) is 5.82. The van der Waals surface area contributed by atoms with Gasteiger partial charge in [0.25, 0.3) is 0 Å². The Morgan fingerprint density at radius 2 is 2.10 bits per heavy atom. The number of rotatable bonds is 4. The Bertz CT molecular complexity index is 715. The molecule has 0 spiro atoms. The number of hydrogen-bond donors (Lipinski definition) is 2. The Kier molecular flexibility index (Phi) is 4.82. The Balaban J connectivity index is 2.14. The summed E-state index contributed by atoms with van der Waals surface area (Å²) in [6.07, 6.45) is 0.0199. The quantitative estimate of drug-likeness (QED) is 0.887. The van der Waals surface area contributed by atoms with E-state index in [2.05, 4.69) is 9.69 Å². The molecule has 0 fully saturated rings. The van der Waals surface area contributed by atoms with Crippen molar-refractivity contribution >= 4 is 51.6 Å². The lowest BCUT2D eigenvalue weighted by Gasteiger charge is -2.06. The molecule has 1 amide bonds. The first-order chi connectivity index (χ1) is 9.88. The molecule has 21 heavy (non-hydrogen) atoms. The van der Waals surface area contributed by atoms with Crippen molar-refractivity contribution in [1.82, 2.24) is 4.37 Å². The van der Waals surface area contributed by atoms with Gasteiger partial charge < -0.3 is 10.4 Å². The Hall–Kier alpha value is -1.63. The van der Waals surface area contributed by atoms with Crippen LogP contribution in [0.1, 0.15) is 21.6 Å². The smallest absolute Gasteiger partial charge is 0.340 e. The zero-order valence-corrected chi connectivity index (χ0v) is 13.1. The molecular weight excluding hydrogens is 335 g/mol. The number of nitrogens with zero attached hydrogens (tertiary/aromatic N) is 1. The number of hydrogen-bond acceptors (Lipinski definition) is 4. The van der Waals surface area contributed by atoms with Gasteiger partial charge in [-0.05, 0) is 36.2 Å². The van der Waals surface area contributed by atoms with Gasteiger partial charge in [-0.1, -0.05) is 29.3 Å². The average molecular weight is 345 g/mol. The SMILES string of the molecule is Cc1nsc(NC(=O)Cc2ccc(Cl)cc2Cl)c1C(=O)O. The van der Waals surface area contributed by atoms with Crippen molar-refractivity contribution in [2.24, 2.45) is 0 Å². The summed E-state index contributed by atoms with van der Waals surface area (Å²) in [5, 5.41) is 12.7. The number of carbonyl (C=O) groups excluding carboxylic acids is 1. The van der Waals surface area contributed by atoms with Crippen LogP contribution in [0.3, 0.4) is 0 Å². The normalized spacial score (nSPS) is 10.4. The van der Waals surface area contributed by atoms with Crippen LogP contribution in [0.15, 0.2) is 18.2 Å². The molecule has 0 atom stereocenters. The van der Waals surface area contributed by atoms with Gasteiger partial charge in [0.15, 0.2) is 0 Å². The number of benzene rings is 1. The Morgan fingerprint density at radius 3 is 2.71 bits per heavy atom. The number of aryl methyl sites for hydroxylation is 1. The third kappa shape index (κ3) is 3.72. The molecule has 5 nitrogen and oxygen atoms in total. The van der Waals surface area contributed by atoms with E-state index >= 15 is 0 Å². The van der Waals surface area contributed by atoms with Crippen LogP contribution < -0.4 is 5.32 Å². The summed E-state index contributed by atoms with van der Waals surface area (Å²) < 4.78 is 3.93. The number of aromatic nitrogens is 1. The number of aromatic carboxylic acids is 1. The van der Waals surface area contributed by atoms with E-state index < -0.39 is 5.97 Å². The first-order valence-corrected chi connectivity index (χ1v) is 7.34. The molecule has 2 N–H and O–H groups in total. The highest BCUT2D eigenvalue weighted by Gasteiger charge is 2.19. The molecule has 0 radical (unpaired) electrons. The predicted molar refractivity (Wildman–Crippen MR) is 82.6 cm³/mol. The summed E-state index contributed by atoms with van der Waals surface area (Å²) >= 11 is 12.7. The fourth-order valence-corrected chi connectivity index (χ4v) is 3.00. The van der Waals surface area contributed by atoms with E-state index in [1.54, 1.807) is 25.1 Å². The molecule has 0 aliphatic heterocycles. The predicted octanol–water partition coefficient (Wildman–Crippen LogP) is 3.64. The second-order valence-corrected chi connectivity index (χ2v) is 5.85. The molecular formula is C13H10Cl2N2O3S. The fourth-order valence-electron chi connectivity index (χ4n) is 1.72. The van der Waals surface area contributed by atoms with Crippen LogP contribution in [0.4, 0.5) is 5.00 Å². The third-order valence-corrected chi connectivity index (χ3v) is 4.14. The van der Waals surface area contributed by atoms with E-state index in [1.165, 1.54) is 0 Å². The zero-order chi connectivity index (χ0) is 15.6. The lowest BCUT2D eigenvalue weighted by atomic mass is 10.1. The molecule has 8 heteroatoms. The van der Waals surface area contributed by atoms with Gasteiger partial charge >= 0.3 is 5.97 Å². The summed E-state index contributed by atoms with van der Waals surface area (Å²) in [5.41, 5.74) is 0.986. The number of carbonyl (C=O) groups is 2. The maximum Gasteiger partial charge on any atom is 0.340 e. The highest BCUT2D eigenvalue weighted by atomic mass is 35.5. The second-order valence-electron chi connectivity index (χ2n) is 4.24. The molecule has 1 aromatic carbocycles. The summed E-state index contributed by atoms with van der Waals surface area (Å²) in [7, 11) is 0. The molecule has 0 saturated carbocycles. The molecule has 110 valence electrons. The van der Waals surface area contributed by atoms with Crippen LogP contribution >= 0.6 is 34.7 Å². The van der Waals surface area contributed by atoms with Crippen LogP contribution in [0.5, 0.6) is 0 Å². The number of amides is 1. The molecule has 2 rings (SSSR count). The molecule has 1 aromatic heterocycles. The fraction of sp³-hybridized carbons (Fsp3) is 0.154. The van der Waals surface area contributed by atoms with Crippen molar-refractivity contribution < 1.29 is 14.7 Å². The van der Waals surface area contributed by atoms with E-state index in [4.69, 9.17) is 28.3 Å². The minimum atomic E-state index is -1.12. The van der Waals surface area contributed by atoms with Crippen LogP contribution in [0, 0.1) is 6.92 Å². The zero-order valence-electron chi connectivity index (χ0n) is 10.8. The van der Waals surface area contributed by atoms with Gasteiger partial charge in [0, 0.05) is 10.0 Å². The third-order valence-electron chi connectivity index (χ3n) is 2.70. The molecule has 0 bridgehead atoms. The van der Waals surface area contributed by atoms with E-state index in [0.29, 0.717) is 21.3 Å². The maximum absolute atomic E-state index is 12.0. The lowest BCUT2D eigenvalue weighted by Crippen LogP contribution is -2.16. The Labute approximate surface area is 134 Å². The van der Waals surface area contributed by atoms with Gasteiger partial charge in [-0.3, -0.25) is 4.79 Å². The number of anilines is 1. The summed E-state index contributed by atoms with van der Waals surface area (Å²) in [4.78, 5) is 23.1. The van der Waals surface area contributed by atoms with Crippen molar-refractivity contribution in [1.29, 1.82) is 0 Å². The van der Waals surface area contributed by atoms with Gasteiger partial charge in [0.2, 0.25) is 5.91 Å². The van der Waals surface area contributed by atoms with Crippen molar-refractivity contribution in [3.8, 4) is 0 Å². The lowest BCUT2D eigenvalue weighted by molar-refractivity contribution is -0.115. The largest absolute Gasteiger partial charge is 0.478 e. The van der Waals surface area contributed by atoms with Gasteiger partial charge in [-0.2, -0.15) is 4.37 Å². The van der Waals surface area contributed by atoms with E-state index in [9.17, 15) is 9.59 Å². The Morgan fingerprint density at radius 1 is 1.38 bits per heavy atom. The van der Waals surface area contributed by atoms with Crippen LogP contribution in [-0.4, -0.2) is 21.4 Å². The van der Waals surface area contributed by atoms with Gasteiger partial charge in [-0.15, -0.1) is 0 Å². The van der Waals surface area contributed by atoms with Crippen molar-refractivity contribution in [2.75, 3.05) is 5.32 Å². The molecule has 0 aliphatic carbocycles. The van der Waals surface area contributed by atoms with Crippen molar-refractivity contribution in [3.63, 3.8) is 0 Å². The van der Waals surface area contributed by atoms with E-state index in [-0.39, 0.29) is 22.9 Å². The molecule has 0 aliphatic rings.